The summed E-state index contributed by atoms with van der Waals surface area (Å²) < 4.78 is 0. The van der Waals surface area contributed by atoms with Crippen LogP contribution in [0.5, 0.6) is 0 Å². The number of hydrogen-bond donors (Lipinski definition) is 2. The Morgan fingerprint density at radius 1 is 1.40 bits per heavy atom. The van der Waals surface area contributed by atoms with Crippen LogP contribution in [-0.2, 0) is 16.1 Å². The maximum absolute atomic E-state index is 11.8. The first-order chi connectivity index (χ1) is 12.0. The molecule has 0 aliphatic heterocycles. The molecule has 0 unspecified atom stereocenters. The van der Waals surface area contributed by atoms with Crippen LogP contribution in [0.1, 0.15) is 11.3 Å². The van der Waals surface area contributed by atoms with E-state index in [0.29, 0.717) is 29.5 Å². The molecule has 0 bridgehead atoms. The average molecular weight is 357 g/mol. The number of amides is 1. The third-order valence-electron chi connectivity index (χ3n) is 3.28. The van der Waals surface area contributed by atoms with Crippen LogP contribution in [-0.4, -0.2) is 35.6 Å². The molecule has 0 radical (unpaired) electrons. The molecule has 0 spiro atoms. The molecule has 130 valence electrons. The van der Waals surface area contributed by atoms with Crippen molar-refractivity contribution in [1.82, 2.24) is 15.3 Å². The number of benzene rings is 1. The fourth-order valence-electron chi connectivity index (χ4n) is 2.12. The summed E-state index contributed by atoms with van der Waals surface area (Å²) in [6.45, 7) is 0.587. The zero-order valence-electron chi connectivity index (χ0n) is 14.0. The molecule has 1 amide bonds. The Hall–Kier alpha value is -2.87. The maximum Gasteiger partial charge on any atom is 0.257 e. The normalized spacial score (nSPS) is 11.0. The van der Waals surface area contributed by atoms with Gasteiger partial charge < -0.3 is 16.0 Å². The Kier molecular flexibility index (Phi) is 6.53. The number of nitrogens with zero attached hydrogens (tertiary/aromatic N) is 3. The van der Waals surface area contributed by atoms with Gasteiger partial charge in [-0.1, -0.05) is 12.1 Å². The van der Waals surface area contributed by atoms with Gasteiger partial charge in [0.2, 0.25) is 5.95 Å². The smallest absolute Gasteiger partial charge is 0.257 e. The molecule has 0 aliphatic rings. The van der Waals surface area contributed by atoms with Gasteiger partial charge in [0, 0.05) is 32.5 Å². The molecule has 1 aromatic carbocycles. The molecule has 8 heteroatoms. The summed E-state index contributed by atoms with van der Waals surface area (Å²) in [4.78, 5) is 33.3. The van der Waals surface area contributed by atoms with E-state index in [2.05, 4.69) is 15.3 Å². The second kappa shape index (κ2) is 8.84. The lowest BCUT2D eigenvalue weighted by molar-refractivity contribution is -0.116. The summed E-state index contributed by atoms with van der Waals surface area (Å²) in [5.74, 6) is 0.161. The van der Waals surface area contributed by atoms with Gasteiger partial charge in [0.05, 0.1) is 10.6 Å². The molecule has 2 rings (SSSR count). The highest BCUT2D eigenvalue weighted by Crippen LogP contribution is 2.18. The van der Waals surface area contributed by atoms with E-state index in [-0.39, 0.29) is 10.8 Å². The van der Waals surface area contributed by atoms with Crippen molar-refractivity contribution in [1.29, 1.82) is 0 Å². The molecule has 7 nitrogen and oxygen atoms in total. The minimum atomic E-state index is -0.342. The maximum atomic E-state index is 11.8. The minimum absolute atomic E-state index is 0.264. The van der Waals surface area contributed by atoms with E-state index in [0.717, 1.165) is 17.3 Å². The van der Waals surface area contributed by atoms with Crippen LogP contribution in [0.3, 0.4) is 0 Å². The average Bonchev–Trinajstić information content (AvgIpc) is 2.61. The van der Waals surface area contributed by atoms with E-state index in [1.807, 2.05) is 36.2 Å². The number of carbonyl (C=O) groups is 2. The van der Waals surface area contributed by atoms with Crippen molar-refractivity contribution in [2.75, 3.05) is 24.7 Å². The first kappa shape index (κ1) is 18.5. The Bertz CT molecular complexity index is 794. The van der Waals surface area contributed by atoms with E-state index in [1.165, 1.54) is 7.05 Å². The first-order valence-corrected chi connectivity index (χ1v) is 8.34. The number of aromatic nitrogens is 2. The Morgan fingerprint density at radius 2 is 2.20 bits per heavy atom. The molecule has 2 aromatic rings. The predicted molar refractivity (Wildman–Crippen MR) is 101 cm³/mol. The lowest BCUT2D eigenvalue weighted by Gasteiger charge is -2.17. The van der Waals surface area contributed by atoms with Crippen molar-refractivity contribution in [3.05, 3.63) is 52.7 Å². The van der Waals surface area contributed by atoms with Gasteiger partial charge >= 0.3 is 0 Å². The molecule has 1 aromatic heterocycles. The predicted octanol–water partition coefficient (Wildman–Crippen LogP) is 1.71. The van der Waals surface area contributed by atoms with Gasteiger partial charge in [0.1, 0.15) is 0 Å². The molecule has 0 atom stereocenters. The highest BCUT2D eigenvalue weighted by Gasteiger charge is 2.10. The molecule has 3 N–H and O–H groups in total. The van der Waals surface area contributed by atoms with E-state index < -0.39 is 0 Å². The fraction of sp³-hybridized carbons (Fsp3) is 0.176. The number of anilines is 2. The van der Waals surface area contributed by atoms with Crippen molar-refractivity contribution in [2.24, 2.45) is 0 Å². The fourth-order valence-corrected chi connectivity index (χ4v) is 2.63. The second-order valence-corrected chi connectivity index (χ2v) is 6.05. The van der Waals surface area contributed by atoms with Crippen molar-refractivity contribution < 1.29 is 9.59 Å². The van der Waals surface area contributed by atoms with E-state index >= 15 is 0 Å². The summed E-state index contributed by atoms with van der Waals surface area (Å²) >= 11 is 0.803. The number of rotatable bonds is 7. The number of thioether (sulfide) groups is 1. The molecule has 1 heterocycles. The lowest BCUT2D eigenvalue weighted by Crippen LogP contribution is -2.20. The van der Waals surface area contributed by atoms with Crippen LogP contribution < -0.4 is 16.0 Å². The highest BCUT2D eigenvalue weighted by molar-refractivity contribution is 8.16. The molecular formula is C17H19N5O2S. The zero-order valence-corrected chi connectivity index (χ0v) is 14.8. The quantitative estimate of drug-likeness (QED) is 0.442. The van der Waals surface area contributed by atoms with Crippen LogP contribution in [0.25, 0.3) is 6.08 Å². The Morgan fingerprint density at radius 3 is 2.88 bits per heavy atom. The molecule has 0 saturated carbocycles. The topological polar surface area (TPSA) is 101 Å². The van der Waals surface area contributed by atoms with Crippen LogP contribution in [0, 0.1) is 0 Å². The van der Waals surface area contributed by atoms with Gasteiger partial charge in [-0.15, -0.1) is 0 Å². The van der Waals surface area contributed by atoms with Gasteiger partial charge in [-0.05, 0) is 41.6 Å². The van der Waals surface area contributed by atoms with Crippen molar-refractivity contribution in [3.63, 3.8) is 0 Å². The number of hydrogen-bond acceptors (Lipinski definition) is 7. The summed E-state index contributed by atoms with van der Waals surface area (Å²) in [7, 11) is 3.37. The monoisotopic (exact) mass is 357 g/mol. The van der Waals surface area contributed by atoms with Gasteiger partial charge in [-0.3, -0.25) is 9.59 Å². The van der Waals surface area contributed by atoms with Crippen LogP contribution >= 0.6 is 11.8 Å². The number of carbonyl (C=O) groups excluding carboxylic acids is 2. The molecule has 25 heavy (non-hydrogen) atoms. The van der Waals surface area contributed by atoms with Crippen molar-refractivity contribution >= 4 is 41.0 Å². The molecule has 0 saturated heterocycles. The SMILES string of the molecule is CNC(=O)/C(=C/c1ccnc(N(C)Cc2cccc(N)c2)n1)SC=O. The summed E-state index contributed by atoms with van der Waals surface area (Å²) in [6, 6.07) is 9.26. The van der Waals surface area contributed by atoms with Gasteiger partial charge in [-0.25, -0.2) is 9.97 Å². The van der Waals surface area contributed by atoms with E-state index in [4.69, 9.17) is 5.73 Å². The van der Waals surface area contributed by atoms with Crippen LogP contribution in [0.2, 0.25) is 0 Å². The lowest BCUT2D eigenvalue weighted by atomic mass is 10.2. The Balaban J connectivity index is 2.22. The van der Waals surface area contributed by atoms with Crippen LogP contribution in [0.4, 0.5) is 11.6 Å². The van der Waals surface area contributed by atoms with Crippen LogP contribution in [0.15, 0.2) is 41.4 Å². The molecule has 0 aliphatic carbocycles. The van der Waals surface area contributed by atoms with Gasteiger partial charge in [0.15, 0.2) is 5.62 Å². The third kappa shape index (κ3) is 5.32. The van der Waals surface area contributed by atoms with E-state index in [1.54, 1.807) is 18.3 Å². The van der Waals surface area contributed by atoms with Crippen molar-refractivity contribution in [3.8, 4) is 0 Å². The number of nitrogens with two attached hydrogens (primary N) is 1. The summed E-state index contributed by atoms with van der Waals surface area (Å²) in [5.41, 5.74) is 8.68. The van der Waals surface area contributed by atoms with Crippen molar-refractivity contribution in [2.45, 2.75) is 6.54 Å². The first-order valence-electron chi connectivity index (χ1n) is 7.46. The standard InChI is InChI=1S/C17H19N5O2S/c1-19-16(24)15(25-11-23)9-14-6-7-20-17(21-14)22(2)10-12-4-3-5-13(18)8-12/h3-9,11H,10,18H2,1-2H3,(H,19,24)/b15-9-. The van der Waals surface area contributed by atoms with E-state index in [9.17, 15) is 9.59 Å². The number of nitrogens with one attached hydrogen (secondary N) is 1. The number of likely N-dealkylation sites (N-methyl/N-ethyl adjacent to an activating group) is 1. The van der Waals surface area contributed by atoms with Gasteiger partial charge in [-0.2, -0.15) is 0 Å². The largest absolute Gasteiger partial charge is 0.399 e. The highest BCUT2D eigenvalue weighted by atomic mass is 32.2. The molecular weight excluding hydrogens is 338 g/mol. The summed E-state index contributed by atoms with van der Waals surface area (Å²) in [5, 5.41) is 2.49. The zero-order chi connectivity index (χ0) is 18.2. The Labute approximate surface area is 150 Å². The minimum Gasteiger partial charge on any atom is -0.399 e. The number of nitrogen functional groups attached to an aromatic ring is 1. The third-order valence-corrected chi connectivity index (χ3v) is 3.93. The summed E-state index contributed by atoms with van der Waals surface area (Å²) in [6.07, 6.45) is 3.16. The van der Waals surface area contributed by atoms with Gasteiger partial charge in [0.25, 0.3) is 5.91 Å². The second-order valence-electron chi connectivity index (χ2n) is 5.18. The molecule has 0 fully saturated rings.